The number of fused-ring (bicyclic) bond motifs is 9. The maximum Gasteiger partial charge on any atom is 0.143 e. The quantitative estimate of drug-likeness (QED) is 0.182. The van der Waals surface area contributed by atoms with Gasteiger partial charge in [-0.2, -0.15) is 0 Å². The van der Waals surface area contributed by atoms with Crippen LogP contribution in [0.15, 0.2) is 197 Å². The Morgan fingerprint density at radius 1 is 0.340 bits per heavy atom. The van der Waals surface area contributed by atoms with Crippen molar-refractivity contribution in [2.24, 2.45) is 0 Å². The van der Waals surface area contributed by atoms with E-state index in [0.717, 1.165) is 88.6 Å². The number of furan rings is 2. The van der Waals surface area contributed by atoms with Crippen molar-refractivity contribution in [3.8, 4) is 22.3 Å². The molecular weight excluding hydrogens is 647 g/mol. The van der Waals surface area contributed by atoms with Gasteiger partial charge in [0.1, 0.15) is 22.3 Å². The fourth-order valence-electron chi connectivity index (χ4n) is 8.15. The van der Waals surface area contributed by atoms with Crippen LogP contribution in [0.25, 0.3) is 87.7 Å². The number of nitrogens with zero attached hydrogens (tertiary/aromatic N) is 1. The fourth-order valence-corrected chi connectivity index (χ4v) is 8.15. The lowest BCUT2D eigenvalue weighted by atomic mass is 9.97. The van der Waals surface area contributed by atoms with Crippen LogP contribution >= 0.6 is 0 Å². The number of para-hydroxylation sites is 1. The molecule has 0 atom stereocenters. The van der Waals surface area contributed by atoms with Crippen LogP contribution in [0.4, 0.5) is 17.1 Å². The topological polar surface area (TPSA) is 29.5 Å². The van der Waals surface area contributed by atoms with Gasteiger partial charge in [-0.3, -0.25) is 0 Å². The zero-order valence-electron chi connectivity index (χ0n) is 28.7. The summed E-state index contributed by atoms with van der Waals surface area (Å²) >= 11 is 0. The van der Waals surface area contributed by atoms with Crippen LogP contribution in [-0.2, 0) is 0 Å². The molecule has 2 aromatic heterocycles. The Morgan fingerprint density at radius 3 is 1.89 bits per heavy atom. The number of rotatable bonds is 5. The Balaban J connectivity index is 1.06. The van der Waals surface area contributed by atoms with E-state index in [0.29, 0.717) is 0 Å². The molecular formula is C50H31NO2. The molecule has 0 saturated heterocycles. The van der Waals surface area contributed by atoms with E-state index in [-0.39, 0.29) is 0 Å². The third-order valence-corrected chi connectivity index (χ3v) is 10.6. The van der Waals surface area contributed by atoms with E-state index in [4.69, 9.17) is 8.83 Å². The van der Waals surface area contributed by atoms with E-state index < -0.39 is 0 Å². The maximum atomic E-state index is 6.52. The van der Waals surface area contributed by atoms with Crippen LogP contribution in [0.1, 0.15) is 0 Å². The standard InChI is InChI=1S/C50H31NO2/c1-3-15-39-32(10-1)12-8-19-45(39)51(38-14-7-13-35(30-38)36-25-29-47-44(31-36)42-17-5-6-20-46(42)52-47)37-26-22-34(23-27-37)40-18-9-21-48-49(40)43-28-24-33-11-2-4-16-41(33)50(43)53-48/h1-31H. The van der Waals surface area contributed by atoms with Crippen LogP contribution < -0.4 is 4.90 Å². The van der Waals surface area contributed by atoms with Crippen molar-refractivity contribution in [2.45, 2.75) is 0 Å². The molecule has 0 aliphatic carbocycles. The molecule has 3 heteroatoms. The molecule has 0 radical (unpaired) electrons. The van der Waals surface area contributed by atoms with Gasteiger partial charge in [-0.25, -0.2) is 0 Å². The van der Waals surface area contributed by atoms with Crippen molar-refractivity contribution in [2.75, 3.05) is 4.90 Å². The molecule has 248 valence electrons. The highest BCUT2D eigenvalue weighted by molar-refractivity contribution is 6.19. The third kappa shape index (κ3) is 4.75. The van der Waals surface area contributed by atoms with Gasteiger partial charge < -0.3 is 13.7 Å². The normalized spacial score (nSPS) is 11.8. The summed E-state index contributed by atoms with van der Waals surface area (Å²) in [6.45, 7) is 0. The zero-order chi connectivity index (χ0) is 34.9. The number of hydrogen-bond donors (Lipinski definition) is 0. The highest BCUT2D eigenvalue weighted by atomic mass is 16.3. The van der Waals surface area contributed by atoms with Gasteiger partial charge in [0.05, 0.1) is 5.69 Å². The van der Waals surface area contributed by atoms with Crippen LogP contribution in [-0.4, -0.2) is 0 Å². The molecule has 0 aliphatic rings. The van der Waals surface area contributed by atoms with Crippen LogP contribution in [0, 0.1) is 0 Å². The fraction of sp³-hybridized carbons (Fsp3) is 0. The molecule has 0 bridgehead atoms. The second-order valence-electron chi connectivity index (χ2n) is 13.7. The van der Waals surface area contributed by atoms with E-state index in [1.165, 1.54) is 16.2 Å². The molecule has 53 heavy (non-hydrogen) atoms. The van der Waals surface area contributed by atoms with Gasteiger partial charge in [-0.1, -0.05) is 127 Å². The molecule has 11 rings (SSSR count). The van der Waals surface area contributed by atoms with Crippen molar-refractivity contribution in [1.82, 2.24) is 0 Å². The predicted molar refractivity (Wildman–Crippen MR) is 222 cm³/mol. The first-order valence-electron chi connectivity index (χ1n) is 18.0. The summed E-state index contributed by atoms with van der Waals surface area (Å²) < 4.78 is 12.7. The van der Waals surface area contributed by atoms with E-state index in [2.05, 4.69) is 181 Å². The molecule has 3 nitrogen and oxygen atoms in total. The molecule has 0 amide bonds. The SMILES string of the molecule is c1cc(-c2ccc3oc4ccccc4c3c2)cc(N(c2ccc(-c3cccc4oc5c6ccccc6ccc5c34)cc2)c2cccc3ccccc23)c1. The Kier molecular flexibility index (Phi) is 6.55. The van der Waals surface area contributed by atoms with Crippen LogP contribution in [0.2, 0.25) is 0 Å². The van der Waals surface area contributed by atoms with E-state index >= 15 is 0 Å². The lowest BCUT2D eigenvalue weighted by molar-refractivity contribution is 0.669. The van der Waals surface area contributed by atoms with Crippen LogP contribution in [0.3, 0.4) is 0 Å². The van der Waals surface area contributed by atoms with Crippen LogP contribution in [0.5, 0.6) is 0 Å². The second-order valence-corrected chi connectivity index (χ2v) is 13.7. The van der Waals surface area contributed by atoms with E-state index in [1.54, 1.807) is 0 Å². The van der Waals surface area contributed by atoms with Gasteiger partial charge in [0.15, 0.2) is 0 Å². The van der Waals surface area contributed by atoms with Gasteiger partial charge in [0.2, 0.25) is 0 Å². The summed E-state index contributed by atoms with van der Waals surface area (Å²) in [6.07, 6.45) is 0. The van der Waals surface area contributed by atoms with Gasteiger partial charge in [0, 0.05) is 43.7 Å². The molecule has 2 heterocycles. The third-order valence-electron chi connectivity index (χ3n) is 10.6. The van der Waals surface area contributed by atoms with Crippen molar-refractivity contribution in [3.05, 3.63) is 188 Å². The second kappa shape index (κ2) is 11.7. The average Bonchev–Trinajstić information content (AvgIpc) is 3.80. The monoisotopic (exact) mass is 677 g/mol. The van der Waals surface area contributed by atoms with Gasteiger partial charge in [-0.15, -0.1) is 0 Å². The Labute approximate surface area is 305 Å². The molecule has 11 aromatic rings. The Hall–Kier alpha value is -7.10. The summed E-state index contributed by atoms with van der Waals surface area (Å²) in [5, 5.41) is 9.23. The van der Waals surface area contributed by atoms with E-state index in [1.807, 2.05) is 12.1 Å². The minimum atomic E-state index is 0.897. The Morgan fingerprint density at radius 2 is 1.00 bits per heavy atom. The lowest BCUT2D eigenvalue weighted by Gasteiger charge is -2.27. The van der Waals surface area contributed by atoms with E-state index in [9.17, 15) is 0 Å². The first-order valence-corrected chi connectivity index (χ1v) is 18.0. The summed E-state index contributed by atoms with van der Waals surface area (Å²) in [5.41, 5.74) is 11.5. The minimum Gasteiger partial charge on any atom is -0.456 e. The predicted octanol–water partition coefficient (Wildman–Crippen LogP) is 14.6. The largest absolute Gasteiger partial charge is 0.456 e. The maximum absolute atomic E-state index is 6.52. The van der Waals surface area contributed by atoms with Crippen molar-refractivity contribution in [3.63, 3.8) is 0 Å². The number of hydrogen-bond acceptors (Lipinski definition) is 3. The summed E-state index contributed by atoms with van der Waals surface area (Å²) in [5.74, 6) is 0. The molecule has 0 N–H and O–H groups in total. The van der Waals surface area contributed by atoms with Crippen molar-refractivity contribution >= 4 is 82.5 Å². The highest BCUT2D eigenvalue weighted by Crippen LogP contribution is 2.43. The molecule has 0 saturated carbocycles. The molecule has 0 unspecified atom stereocenters. The molecule has 9 aromatic carbocycles. The van der Waals surface area contributed by atoms with Crippen molar-refractivity contribution in [1.29, 1.82) is 0 Å². The molecule has 0 aliphatic heterocycles. The summed E-state index contributed by atoms with van der Waals surface area (Å²) in [7, 11) is 0. The first-order chi connectivity index (χ1) is 26.3. The first kappa shape index (κ1) is 29.6. The van der Waals surface area contributed by atoms with Crippen molar-refractivity contribution < 1.29 is 8.83 Å². The van der Waals surface area contributed by atoms with Gasteiger partial charge >= 0.3 is 0 Å². The number of anilines is 3. The Bertz CT molecular complexity index is 3180. The minimum absolute atomic E-state index is 0.897. The average molecular weight is 678 g/mol. The highest BCUT2D eigenvalue weighted by Gasteiger charge is 2.19. The lowest BCUT2D eigenvalue weighted by Crippen LogP contribution is -2.10. The molecule has 0 spiro atoms. The summed E-state index contributed by atoms with van der Waals surface area (Å²) in [4.78, 5) is 2.38. The molecule has 0 fully saturated rings. The number of benzene rings is 9. The van der Waals surface area contributed by atoms with Gasteiger partial charge in [0.25, 0.3) is 0 Å². The zero-order valence-corrected chi connectivity index (χ0v) is 28.7. The smallest absolute Gasteiger partial charge is 0.143 e. The van der Waals surface area contributed by atoms with Gasteiger partial charge in [-0.05, 0) is 93.7 Å². The summed E-state index contributed by atoms with van der Waals surface area (Å²) in [6, 6.07) is 66.9.